The molecule has 29 heavy (non-hydrogen) atoms. The van der Waals surface area contributed by atoms with E-state index in [0.717, 1.165) is 30.4 Å². The molecule has 0 atom stereocenters. The molecule has 5 nitrogen and oxygen atoms in total. The first-order valence-corrected chi connectivity index (χ1v) is 10.6. The number of nitrogens with zero attached hydrogens (tertiary/aromatic N) is 3. The molecule has 1 amide bonds. The molecule has 0 aliphatic carbocycles. The molecule has 1 aliphatic rings. The first kappa shape index (κ1) is 19.5. The summed E-state index contributed by atoms with van der Waals surface area (Å²) in [6.45, 7) is 4.76. The molecule has 3 heterocycles. The van der Waals surface area contributed by atoms with Gasteiger partial charge in [0.05, 0.1) is 6.20 Å². The number of piperidine rings is 1. The van der Waals surface area contributed by atoms with Crippen molar-refractivity contribution < 1.29 is 9.18 Å². The Morgan fingerprint density at radius 3 is 2.69 bits per heavy atom. The Morgan fingerprint density at radius 1 is 1.17 bits per heavy atom. The lowest BCUT2D eigenvalue weighted by molar-refractivity contribution is 0.0954. The monoisotopic (exact) mass is 410 g/mol. The van der Waals surface area contributed by atoms with Crippen LogP contribution in [0.2, 0.25) is 0 Å². The van der Waals surface area contributed by atoms with Crippen LogP contribution in [-0.4, -0.2) is 29.0 Å². The third-order valence-electron chi connectivity index (χ3n) is 5.20. The number of pyridine rings is 1. The van der Waals surface area contributed by atoms with Crippen LogP contribution >= 0.6 is 11.3 Å². The largest absolute Gasteiger partial charge is 0.357 e. The minimum absolute atomic E-state index is 0.223. The summed E-state index contributed by atoms with van der Waals surface area (Å²) in [7, 11) is 0. The Hall–Kier alpha value is -2.80. The summed E-state index contributed by atoms with van der Waals surface area (Å²) in [4.78, 5) is 23.9. The molecule has 2 aromatic heterocycles. The molecule has 0 radical (unpaired) electrons. The zero-order valence-corrected chi connectivity index (χ0v) is 17.1. The van der Waals surface area contributed by atoms with E-state index in [0.29, 0.717) is 22.0 Å². The number of thiazole rings is 1. The number of carbonyl (C=O) groups excluding carboxylic acids is 1. The summed E-state index contributed by atoms with van der Waals surface area (Å²) in [5.74, 6) is 1.21. The number of nitrogens with one attached hydrogen (secondary N) is 1. The second-order valence-corrected chi connectivity index (χ2v) is 8.42. The van der Waals surface area contributed by atoms with Crippen LogP contribution in [0.15, 0.2) is 48.8 Å². The van der Waals surface area contributed by atoms with Gasteiger partial charge in [0.15, 0.2) is 0 Å². The van der Waals surface area contributed by atoms with Crippen molar-refractivity contribution in [2.45, 2.75) is 26.3 Å². The molecule has 0 unspecified atom stereocenters. The predicted molar refractivity (Wildman–Crippen MR) is 114 cm³/mol. The normalized spacial score (nSPS) is 14.8. The molecule has 1 aromatic carbocycles. The number of anilines is 1. The second-order valence-electron chi connectivity index (χ2n) is 7.39. The van der Waals surface area contributed by atoms with Gasteiger partial charge in [-0.1, -0.05) is 25.1 Å². The number of hydrogen-bond donors (Lipinski definition) is 1. The van der Waals surface area contributed by atoms with Crippen LogP contribution in [0, 0.1) is 11.7 Å². The average Bonchev–Trinajstić information content (AvgIpc) is 3.23. The minimum Gasteiger partial charge on any atom is -0.357 e. The van der Waals surface area contributed by atoms with E-state index in [2.05, 4.69) is 27.1 Å². The molecule has 0 saturated carbocycles. The maximum absolute atomic E-state index is 13.9. The molecule has 1 aliphatic heterocycles. The van der Waals surface area contributed by atoms with Crippen molar-refractivity contribution in [1.29, 1.82) is 0 Å². The first-order chi connectivity index (χ1) is 14.1. The fourth-order valence-corrected chi connectivity index (χ4v) is 4.21. The van der Waals surface area contributed by atoms with E-state index in [4.69, 9.17) is 0 Å². The third-order valence-corrected chi connectivity index (χ3v) is 6.23. The molecule has 1 saturated heterocycles. The highest BCUT2D eigenvalue weighted by Gasteiger charge is 2.17. The van der Waals surface area contributed by atoms with Gasteiger partial charge >= 0.3 is 0 Å². The van der Waals surface area contributed by atoms with E-state index in [1.165, 1.54) is 36.4 Å². The molecular formula is C22H23FN4OS. The van der Waals surface area contributed by atoms with Crippen LogP contribution in [0.5, 0.6) is 0 Å². The van der Waals surface area contributed by atoms with Gasteiger partial charge in [-0.3, -0.25) is 4.79 Å². The molecule has 3 aromatic rings. The molecular weight excluding hydrogens is 387 g/mol. The van der Waals surface area contributed by atoms with Crippen molar-refractivity contribution in [3.05, 3.63) is 65.0 Å². The van der Waals surface area contributed by atoms with Gasteiger partial charge in [-0.15, -0.1) is 11.3 Å². The molecule has 1 N–H and O–H groups in total. The third kappa shape index (κ3) is 4.62. The van der Waals surface area contributed by atoms with Crippen molar-refractivity contribution in [3.8, 4) is 10.6 Å². The van der Waals surface area contributed by atoms with Crippen LogP contribution in [0.4, 0.5) is 10.2 Å². The fraction of sp³-hybridized carbons (Fsp3) is 0.318. The van der Waals surface area contributed by atoms with Crippen LogP contribution < -0.4 is 10.2 Å². The van der Waals surface area contributed by atoms with Gasteiger partial charge < -0.3 is 10.2 Å². The van der Waals surface area contributed by atoms with Gasteiger partial charge in [0.1, 0.15) is 21.5 Å². The van der Waals surface area contributed by atoms with E-state index in [1.54, 1.807) is 18.2 Å². The number of carbonyl (C=O) groups is 1. The maximum Gasteiger partial charge on any atom is 0.263 e. The fourth-order valence-electron chi connectivity index (χ4n) is 3.35. The topological polar surface area (TPSA) is 58.1 Å². The van der Waals surface area contributed by atoms with Gasteiger partial charge in [0.2, 0.25) is 0 Å². The SMILES string of the molecule is CC1CCN(c2ccc(CNC(=O)c3cnc(-c4ccccc4F)s3)cn2)CC1. The number of amides is 1. The van der Waals surface area contributed by atoms with E-state index < -0.39 is 0 Å². The van der Waals surface area contributed by atoms with Crippen molar-refractivity contribution in [1.82, 2.24) is 15.3 Å². The molecule has 0 spiro atoms. The Morgan fingerprint density at radius 2 is 1.97 bits per heavy atom. The number of aromatic nitrogens is 2. The zero-order chi connectivity index (χ0) is 20.2. The Balaban J connectivity index is 1.35. The van der Waals surface area contributed by atoms with Crippen molar-refractivity contribution in [2.75, 3.05) is 18.0 Å². The van der Waals surface area contributed by atoms with Crippen LogP contribution in [-0.2, 0) is 6.54 Å². The van der Waals surface area contributed by atoms with Crippen molar-refractivity contribution >= 4 is 23.1 Å². The van der Waals surface area contributed by atoms with Gasteiger partial charge in [-0.05, 0) is 42.5 Å². The number of halogens is 1. The lowest BCUT2D eigenvalue weighted by Crippen LogP contribution is -2.33. The summed E-state index contributed by atoms with van der Waals surface area (Å²) >= 11 is 1.18. The second kappa shape index (κ2) is 8.69. The van der Waals surface area contributed by atoms with Crippen molar-refractivity contribution in [2.24, 2.45) is 5.92 Å². The summed E-state index contributed by atoms with van der Waals surface area (Å²) in [6, 6.07) is 10.4. The highest BCUT2D eigenvalue weighted by atomic mass is 32.1. The van der Waals surface area contributed by atoms with E-state index in [9.17, 15) is 9.18 Å². The average molecular weight is 411 g/mol. The number of rotatable bonds is 5. The molecule has 4 rings (SSSR count). The van der Waals surface area contributed by atoms with Gasteiger partial charge in [-0.25, -0.2) is 14.4 Å². The van der Waals surface area contributed by atoms with E-state index in [1.807, 2.05) is 18.3 Å². The Bertz CT molecular complexity index is 980. The highest BCUT2D eigenvalue weighted by molar-refractivity contribution is 7.16. The van der Waals surface area contributed by atoms with Crippen LogP contribution in [0.25, 0.3) is 10.6 Å². The summed E-state index contributed by atoms with van der Waals surface area (Å²) in [5.41, 5.74) is 1.34. The molecule has 1 fully saturated rings. The van der Waals surface area contributed by atoms with E-state index >= 15 is 0 Å². The molecule has 150 valence electrons. The quantitative estimate of drug-likeness (QED) is 0.672. The lowest BCUT2D eigenvalue weighted by Gasteiger charge is -2.31. The lowest BCUT2D eigenvalue weighted by atomic mass is 9.99. The Labute approximate surface area is 173 Å². The van der Waals surface area contributed by atoms with Gasteiger partial charge in [0.25, 0.3) is 5.91 Å². The summed E-state index contributed by atoms with van der Waals surface area (Å²) in [6.07, 6.45) is 5.69. The first-order valence-electron chi connectivity index (χ1n) is 9.79. The van der Waals surface area contributed by atoms with Gasteiger partial charge in [-0.2, -0.15) is 0 Å². The standard InChI is InChI=1S/C22H23FN4OS/c1-15-8-10-27(11-9-15)20-7-6-16(12-24-20)13-25-21(28)19-14-26-22(29-19)17-4-2-3-5-18(17)23/h2-7,12,14-15H,8-11,13H2,1H3,(H,25,28). The van der Waals surface area contributed by atoms with Crippen LogP contribution in [0.3, 0.4) is 0 Å². The van der Waals surface area contributed by atoms with Crippen LogP contribution in [0.1, 0.15) is 35.0 Å². The van der Waals surface area contributed by atoms with Gasteiger partial charge in [0, 0.05) is 31.4 Å². The Kier molecular flexibility index (Phi) is 5.85. The summed E-state index contributed by atoms with van der Waals surface area (Å²) in [5, 5.41) is 3.38. The van der Waals surface area contributed by atoms with Crippen molar-refractivity contribution in [3.63, 3.8) is 0 Å². The molecule has 0 bridgehead atoms. The maximum atomic E-state index is 13.9. The smallest absolute Gasteiger partial charge is 0.263 e. The zero-order valence-electron chi connectivity index (χ0n) is 16.3. The predicted octanol–water partition coefficient (Wildman–Crippen LogP) is 4.51. The summed E-state index contributed by atoms with van der Waals surface area (Å²) < 4.78 is 13.9. The van der Waals surface area contributed by atoms with E-state index in [-0.39, 0.29) is 11.7 Å². The number of hydrogen-bond acceptors (Lipinski definition) is 5. The highest BCUT2D eigenvalue weighted by Crippen LogP contribution is 2.27. The number of benzene rings is 1. The molecule has 7 heteroatoms. The minimum atomic E-state index is -0.344.